The van der Waals surface area contributed by atoms with Crippen LogP contribution >= 0.6 is 27.7 Å². The van der Waals surface area contributed by atoms with Gasteiger partial charge in [0.15, 0.2) is 11.6 Å². The summed E-state index contributed by atoms with van der Waals surface area (Å²) in [5.41, 5.74) is 1.15. The molecule has 0 aliphatic rings. The number of phenolic OH excluding ortho intramolecular Hbond substituents is 1. The average Bonchev–Trinajstić information content (AvgIpc) is 2.81. The highest BCUT2D eigenvalue weighted by molar-refractivity contribution is 9.10. The van der Waals surface area contributed by atoms with Gasteiger partial charge in [0.25, 0.3) is 0 Å². The quantitative estimate of drug-likeness (QED) is 0.296. The van der Waals surface area contributed by atoms with Gasteiger partial charge < -0.3 is 19.9 Å². The van der Waals surface area contributed by atoms with Crippen LogP contribution in [0.4, 0.5) is 19.7 Å². The van der Waals surface area contributed by atoms with Crippen molar-refractivity contribution >= 4 is 56.3 Å². The van der Waals surface area contributed by atoms with E-state index in [9.17, 15) is 14.7 Å². The molecule has 8 nitrogen and oxygen atoms in total. The number of aryl methyl sites for hydroxylation is 1. The summed E-state index contributed by atoms with van der Waals surface area (Å²) in [4.78, 5) is 32.5. The molecule has 0 saturated carbocycles. The molecule has 11 heteroatoms. The summed E-state index contributed by atoms with van der Waals surface area (Å²) >= 11 is 4.53. The van der Waals surface area contributed by atoms with Crippen molar-refractivity contribution in [3.05, 3.63) is 57.3 Å². The summed E-state index contributed by atoms with van der Waals surface area (Å²) in [6.07, 6.45) is 0.751. The summed E-state index contributed by atoms with van der Waals surface area (Å²) < 4.78 is 25.7. The van der Waals surface area contributed by atoms with Crippen LogP contribution in [0.1, 0.15) is 44.4 Å². The molecule has 2 amide bonds. The van der Waals surface area contributed by atoms with Gasteiger partial charge in [0.1, 0.15) is 16.4 Å². The normalized spacial score (nSPS) is 12.3. The minimum atomic E-state index is -0.888. The topological polar surface area (TPSA) is 110 Å². The fraction of sp³-hybridized carbons (Fsp3) is 0.360. The maximum Gasteiger partial charge on any atom is 0.434 e. The van der Waals surface area contributed by atoms with Crippen LogP contribution in [0.5, 0.6) is 5.75 Å². The van der Waals surface area contributed by atoms with Crippen LogP contribution < -0.4 is 5.32 Å². The summed E-state index contributed by atoms with van der Waals surface area (Å²) in [5, 5.41) is 13.0. The molecule has 2 N–H and O–H groups in total. The lowest BCUT2D eigenvalue weighted by atomic mass is 10.0. The number of hydrogen-bond donors (Lipinski definition) is 2. The third-order valence-electron chi connectivity index (χ3n) is 4.63. The number of ether oxygens (including phenoxy) is 2. The molecule has 2 rings (SSSR count). The Bertz CT molecular complexity index is 1190. The first-order valence-electron chi connectivity index (χ1n) is 10.9. The first-order chi connectivity index (χ1) is 16.9. The number of halogens is 2. The lowest BCUT2D eigenvalue weighted by Gasteiger charge is -2.20. The standard InChI is InChI=1S/C25H29BrFN3O5S/c1-7-14-10-17(20(27)19(31)11-14)21(22(36-6)30-24(33)34-5)29-16-8-9-18(26)15(12-16)13-28-23(32)35-25(2,3)4/h8-12,31H,7,13H2,1-6H3,(H,28,32). The maximum atomic E-state index is 15.1. The second-order valence-electron chi connectivity index (χ2n) is 8.51. The molecule has 0 heterocycles. The molecular weight excluding hydrogens is 553 g/mol. The summed E-state index contributed by atoms with van der Waals surface area (Å²) in [5.74, 6) is -1.42. The third kappa shape index (κ3) is 8.34. The van der Waals surface area contributed by atoms with Gasteiger partial charge >= 0.3 is 12.2 Å². The van der Waals surface area contributed by atoms with Crippen molar-refractivity contribution < 1.29 is 28.6 Å². The van der Waals surface area contributed by atoms with E-state index >= 15 is 4.39 Å². The van der Waals surface area contributed by atoms with Crippen LogP contribution in [0.2, 0.25) is 0 Å². The van der Waals surface area contributed by atoms with E-state index < -0.39 is 29.4 Å². The molecule has 0 radical (unpaired) electrons. The van der Waals surface area contributed by atoms with Crippen LogP contribution in [0.3, 0.4) is 0 Å². The number of hydrogen-bond acceptors (Lipinski definition) is 7. The maximum absolute atomic E-state index is 15.1. The highest BCUT2D eigenvalue weighted by atomic mass is 79.9. The lowest BCUT2D eigenvalue weighted by molar-refractivity contribution is 0.0523. The Hall–Kier alpha value is -2.92. The van der Waals surface area contributed by atoms with E-state index in [4.69, 9.17) is 4.74 Å². The number of phenols is 1. The minimum Gasteiger partial charge on any atom is -0.505 e. The highest BCUT2D eigenvalue weighted by Gasteiger charge is 2.21. The molecule has 0 aromatic heterocycles. The predicted molar refractivity (Wildman–Crippen MR) is 144 cm³/mol. The molecule has 36 heavy (non-hydrogen) atoms. The van der Waals surface area contributed by atoms with Gasteiger partial charge in [-0.25, -0.2) is 19.0 Å². The van der Waals surface area contributed by atoms with Crippen LogP contribution in [0, 0.1) is 5.82 Å². The molecule has 0 aliphatic carbocycles. The average molecular weight is 582 g/mol. The van der Waals surface area contributed by atoms with E-state index in [2.05, 4.69) is 36.0 Å². The van der Waals surface area contributed by atoms with E-state index in [1.807, 2.05) is 6.92 Å². The Balaban J connectivity index is 2.59. The largest absolute Gasteiger partial charge is 0.505 e. The summed E-state index contributed by atoms with van der Waals surface area (Å²) in [7, 11) is 1.18. The van der Waals surface area contributed by atoms with E-state index in [1.54, 1.807) is 51.3 Å². The Morgan fingerprint density at radius 3 is 2.50 bits per heavy atom. The predicted octanol–water partition coefficient (Wildman–Crippen LogP) is 6.53. The summed E-state index contributed by atoms with van der Waals surface area (Å²) in [6, 6.07) is 8.00. The fourth-order valence-electron chi connectivity index (χ4n) is 2.97. The zero-order chi connectivity index (χ0) is 27.0. The van der Waals surface area contributed by atoms with Gasteiger partial charge in [-0.15, -0.1) is 11.8 Å². The van der Waals surface area contributed by atoms with Crippen molar-refractivity contribution in [3.63, 3.8) is 0 Å². The molecule has 0 atom stereocenters. The second kappa shape index (κ2) is 12.9. The monoisotopic (exact) mass is 581 g/mol. The third-order valence-corrected chi connectivity index (χ3v) is 6.08. The number of nitrogens with zero attached hydrogens (tertiary/aromatic N) is 2. The van der Waals surface area contributed by atoms with Gasteiger partial charge in [0.2, 0.25) is 0 Å². The zero-order valence-electron chi connectivity index (χ0n) is 20.9. The first-order valence-corrected chi connectivity index (χ1v) is 13.0. The molecule has 0 bridgehead atoms. The number of methoxy groups -OCH3 is 1. The zero-order valence-corrected chi connectivity index (χ0v) is 23.3. The first kappa shape index (κ1) is 29.3. The Kier molecular flexibility index (Phi) is 10.5. The number of aromatic hydroxyl groups is 1. The van der Waals surface area contributed by atoms with E-state index in [1.165, 1.54) is 13.2 Å². The van der Waals surface area contributed by atoms with E-state index in [-0.39, 0.29) is 22.9 Å². The number of thioether (sulfide) groups is 1. The second-order valence-corrected chi connectivity index (χ2v) is 10.2. The van der Waals surface area contributed by atoms with Gasteiger partial charge in [-0.05, 0) is 74.9 Å². The lowest BCUT2D eigenvalue weighted by Crippen LogP contribution is -2.32. The minimum absolute atomic E-state index is 0.0137. The molecule has 0 unspecified atom stereocenters. The molecule has 0 saturated heterocycles. The van der Waals surface area contributed by atoms with Crippen molar-refractivity contribution in [1.29, 1.82) is 0 Å². The van der Waals surface area contributed by atoms with Crippen LogP contribution in [0.15, 0.2) is 44.8 Å². The molecule has 2 aromatic carbocycles. The van der Waals surface area contributed by atoms with Crippen LogP contribution in [-0.2, 0) is 22.4 Å². The number of benzene rings is 2. The smallest absolute Gasteiger partial charge is 0.434 e. The number of alkyl carbamates (subject to hydrolysis) is 1. The van der Waals surface area contributed by atoms with Crippen molar-refractivity contribution in [2.75, 3.05) is 13.4 Å². The number of amides is 2. The molecule has 194 valence electrons. The Morgan fingerprint density at radius 1 is 1.22 bits per heavy atom. The Labute approximate surface area is 222 Å². The highest BCUT2D eigenvalue weighted by Crippen LogP contribution is 2.28. The molecule has 0 fully saturated rings. The van der Waals surface area contributed by atoms with Gasteiger partial charge in [-0.1, -0.05) is 22.9 Å². The Morgan fingerprint density at radius 2 is 1.92 bits per heavy atom. The van der Waals surface area contributed by atoms with E-state index in [0.717, 1.165) is 11.8 Å². The van der Waals surface area contributed by atoms with Crippen LogP contribution in [0.25, 0.3) is 0 Å². The molecular formula is C25H29BrFN3O5S. The SMILES string of the molecule is CCc1cc(O)c(F)c(C(=Nc2ccc(Br)c(CNC(=O)OC(C)(C)C)c2)C(=NC(=O)OC)SC)c1. The summed E-state index contributed by atoms with van der Waals surface area (Å²) in [6.45, 7) is 7.30. The molecule has 2 aromatic rings. The number of carbonyl (C=O) groups is 2. The number of aliphatic imine (C=N–C) groups is 2. The van der Waals surface area contributed by atoms with Gasteiger partial charge in [-0.3, -0.25) is 0 Å². The number of nitrogens with one attached hydrogen (secondary N) is 1. The van der Waals surface area contributed by atoms with Crippen molar-refractivity contribution in [2.45, 2.75) is 46.3 Å². The van der Waals surface area contributed by atoms with Crippen molar-refractivity contribution in [2.24, 2.45) is 9.98 Å². The van der Waals surface area contributed by atoms with E-state index in [0.29, 0.717) is 27.7 Å². The van der Waals surface area contributed by atoms with Crippen LogP contribution in [-0.4, -0.2) is 47.0 Å². The molecule has 0 spiro atoms. The van der Waals surface area contributed by atoms with Crippen molar-refractivity contribution in [3.8, 4) is 5.75 Å². The molecule has 0 aliphatic heterocycles. The van der Waals surface area contributed by atoms with Gasteiger partial charge in [-0.2, -0.15) is 4.99 Å². The van der Waals surface area contributed by atoms with Gasteiger partial charge in [0.05, 0.1) is 12.8 Å². The van der Waals surface area contributed by atoms with Crippen molar-refractivity contribution in [1.82, 2.24) is 5.32 Å². The van der Waals surface area contributed by atoms with Gasteiger partial charge in [0, 0.05) is 16.6 Å². The number of rotatable bonds is 6. The number of carbonyl (C=O) groups excluding carboxylic acids is 2. The fourth-order valence-corrected chi connectivity index (χ4v) is 3.87.